The van der Waals surface area contributed by atoms with E-state index >= 15 is 0 Å². The highest BCUT2D eigenvalue weighted by molar-refractivity contribution is 8.39. The van der Waals surface area contributed by atoms with Crippen LogP contribution in [0, 0.1) is 0 Å². The highest BCUT2D eigenvalue weighted by Crippen LogP contribution is 2.49. The number of nitrogens with one attached hydrogen (secondary N) is 1. The molecule has 1 aliphatic heterocycles. The Hall–Kier alpha value is -0.770. The maximum Gasteiger partial charge on any atom is 0.582 e. The molecule has 1 saturated heterocycles. The summed E-state index contributed by atoms with van der Waals surface area (Å²) in [7, 11) is -11.9. The van der Waals surface area contributed by atoms with Gasteiger partial charge >= 0.3 is 28.6 Å². The smallest absolute Gasteiger partial charge is 0.374 e. The molecule has 16 nitrogen and oxygen atoms in total. The van der Waals surface area contributed by atoms with Gasteiger partial charge in [-0.15, -0.1) is 4.52 Å². The predicted octanol–water partition coefficient (Wildman–Crippen LogP) is -0.990. The van der Waals surface area contributed by atoms with Crippen molar-refractivity contribution < 1.29 is 56.3 Å². The topological polar surface area (TPSA) is 233 Å². The van der Waals surface area contributed by atoms with E-state index in [0.717, 1.165) is 23.9 Å². The minimum Gasteiger partial charge on any atom is -0.374 e. The van der Waals surface area contributed by atoms with Crippen LogP contribution in [0.2, 0.25) is 0 Å². The van der Waals surface area contributed by atoms with Crippen molar-refractivity contribution in [1.82, 2.24) is 9.55 Å². The van der Waals surface area contributed by atoms with Gasteiger partial charge in [-0.05, 0) is 4.57 Å². The van der Waals surface area contributed by atoms with E-state index in [0.29, 0.717) is 0 Å². The zero-order chi connectivity index (χ0) is 23.6. The second-order valence-electron chi connectivity index (χ2n) is 6.08. The van der Waals surface area contributed by atoms with Gasteiger partial charge in [-0.3, -0.25) is 23.4 Å². The summed E-state index contributed by atoms with van der Waals surface area (Å²) < 4.78 is 59.8. The number of rotatable bonds is 10. The fourth-order valence-corrected chi connectivity index (χ4v) is 4.40. The number of hydrogen-bond donors (Lipinski definition) is 6. The first-order valence-corrected chi connectivity index (χ1v) is 13.3. The Morgan fingerprint density at radius 3 is 2.19 bits per heavy atom. The van der Waals surface area contributed by atoms with Gasteiger partial charge in [0.15, 0.2) is 17.9 Å². The van der Waals surface area contributed by atoms with Gasteiger partial charge in [0.05, 0.1) is 13.2 Å². The van der Waals surface area contributed by atoms with Crippen LogP contribution in [0.3, 0.4) is 0 Å². The van der Waals surface area contributed by atoms with Crippen molar-refractivity contribution in [2.45, 2.75) is 24.0 Å². The SMILES string of the molecule is CO[C@H]1[C@H](n2ccc(=O)[nH]c2=O)OC(COP(=O)(O)O)(COP(=O)(O)O)[C@H]1O[P+](=O)S. The van der Waals surface area contributed by atoms with Crippen molar-refractivity contribution in [2.75, 3.05) is 20.3 Å². The number of methoxy groups -OCH3 is 1. The Morgan fingerprint density at radius 2 is 1.77 bits per heavy atom. The molecule has 1 aromatic rings. The summed E-state index contributed by atoms with van der Waals surface area (Å²) in [6.07, 6.45) is -3.53. The third-order valence-electron chi connectivity index (χ3n) is 4.01. The van der Waals surface area contributed by atoms with Gasteiger partial charge < -0.3 is 29.0 Å². The molecular formula is C11H18N2O14P3S+. The van der Waals surface area contributed by atoms with E-state index in [4.69, 9.17) is 33.6 Å². The first kappa shape index (κ1) is 26.5. The maximum atomic E-state index is 12.2. The fourth-order valence-electron chi connectivity index (χ4n) is 2.82. The van der Waals surface area contributed by atoms with Crippen LogP contribution in [0.25, 0.3) is 0 Å². The van der Waals surface area contributed by atoms with Gasteiger partial charge in [0.1, 0.15) is 18.4 Å². The molecule has 0 radical (unpaired) electrons. The Balaban J connectivity index is 2.60. The van der Waals surface area contributed by atoms with E-state index in [1.807, 2.05) is 4.98 Å². The molecule has 176 valence electrons. The van der Waals surface area contributed by atoms with Crippen molar-refractivity contribution in [3.05, 3.63) is 33.1 Å². The third-order valence-corrected chi connectivity index (χ3v) is 5.63. The van der Waals surface area contributed by atoms with Crippen LogP contribution in [0.5, 0.6) is 0 Å². The first-order valence-electron chi connectivity index (χ1n) is 7.92. The van der Waals surface area contributed by atoms with Gasteiger partial charge in [-0.2, -0.15) is 0 Å². The molecule has 1 aromatic heterocycles. The van der Waals surface area contributed by atoms with Crippen LogP contribution in [0.15, 0.2) is 21.9 Å². The molecule has 0 spiro atoms. The molecule has 4 atom stereocenters. The van der Waals surface area contributed by atoms with E-state index in [-0.39, 0.29) is 0 Å². The number of aromatic amines is 1. The number of phosphoric ester groups is 2. The van der Waals surface area contributed by atoms with Crippen molar-refractivity contribution in [1.29, 1.82) is 0 Å². The average Bonchev–Trinajstić information content (AvgIpc) is 2.90. The van der Waals surface area contributed by atoms with Gasteiger partial charge in [0.2, 0.25) is 0 Å². The Morgan fingerprint density at radius 1 is 1.23 bits per heavy atom. The van der Waals surface area contributed by atoms with E-state index < -0.39 is 71.4 Å². The number of hydrogen-bond acceptors (Lipinski definition) is 10. The molecule has 0 aromatic carbocycles. The predicted molar refractivity (Wildman–Crippen MR) is 102 cm³/mol. The zero-order valence-corrected chi connectivity index (χ0v) is 19.0. The van der Waals surface area contributed by atoms with Crippen molar-refractivity contribution in [3.63, 3.8) is 0 Å². The molecule has 1 fully saturated rings. The van der Waals surface area contributed by atoms with E-state index in [1.54, 1.807) is 0 Å². The second-order valence-corrected chi connectivity index (χ2v) is 10.2. The lowest BCUT2D eigenvalue weighted by Crippen LogP contribution is -2.51. The number of aromatic nitrogens is 2. The third kappa shape index (κ3) is 7.11. The molecule has 5 N–H and O–H groups in total. The minimum atomic E-state index is -5.16. The van der Waals surface area contributed by atoms with Crippen molar-refractivity contribution in [2.24, 2.45) is 0 Å². The normalized spacial score (nSPS) is 24.3. The second kappa shape index (κ2) is 10.0. The van der Waals surface area contributed by atoms with Crippen LogP contribution in [0.4, 0.5) is 0 Å². The van der Waals surface area contributed by atoms with Crippen LogP contribution < -0.4 is 11.2 Å². The Labute approximate surface area is 178 Å². The summed E-state index contributed by atoms with van der Waals surface area (Å²) in [6, 6.07) is 0.949. The molecular weight excluding hydrogens is 509 g/mol. The minimum absolute atomic E-state index is 0.750. The number of ether oxygens (including phenoxy) is 2. The highest BCUT2D eigenvalue weighted by atomic mass is 32.7. The summed E-state index contributed by atoms with van der Waals surface area (Å²) in [5.41, 5.74) is -4.01. The lowest BCUT2D eigenvalue weighted by Gasteiger charge is -2.31. The van der Waals surface area contributed by atoms with Crippen molar-refractivity contribution in [3.8, 4) is 0 Å². The van der Waals surface area contributed by atoms with E-state index in [1.165, 1.54) is 0 Å². The Bertz CT molecular complexity index is 989. The summed E-state index contributed by atoms with van der Waals surface area (Å²) in [5, 5.41) is 0. The maximum absolute atomic E-state index is 12.2. The quantitative estimate of drug-likeness (QED) is 0.158. The molecule has 1 unspecified atom stereocenters. The number of nitrogens with zero attached hydrogens (tertiary/aromatic N) is 1. The molecule has 2 rings (SSSR count). The van der Waals surface area contributed by atoms with Gasteiger partial charge in [-0.1, -0.05) is 0 Å². The number of phosphoric acid groups is 2. The Kier molecular flexibility index (Phi) is 8.55. The molecule has 1 aliphatic rings. The average molecular weight is 527 g/mol. The standard InChI is InChI=1S/C11H17N2O14P3S/c1-23-7-8(27-28(16)31)11(4-24-29(17,18)19,5-25-30(20,21)22)26-9(7)13-3-2-6(14)12-10(13)15/h2-3,7-9H,4-5H2,1H3,(H5-,12,14,15,16,17,18,19,20,21,22,31)/p+1/t7-,8+,9-/m1/s1. The molecule has 31 heavy (non-hydrogen) atoms. The lowest BCUT2D eigenvalue weighted by molar-refractivity contribution is -0.142. The summed E-state index contributed by atoms with van der Waals surface area (Å²) in [5.74, 6) is 0. The van der Waals surface area contributed by atoms with Crippen LogP contribution in [-0.2, 0) is 36.7 Å². The largest absolute Gasteiger partial charge is 0.582 e. The summed E-state index contributed by atoms with van der Waals surface area (Å²) in [4.78, 5) is 61.8. The van der Waals surface area contributed by atoms with E-state index in [2.05, 4.69) is 21.3 Å². The molecule has 20 heteroatoms. The molecule has 0 saturated carbocycles. The highest BCUT2D eigenvalue weighted by Gasteiger charge is 2.62. The molecule has 0 bridgehead atoms. The molecule has 2 heterocycles. The van der Waals surface area contributed by atoms with E-state index in [9.17, 15) is 23.3 Å². The molecule has 0 amide bonds. The van der Waals surface area contributed by atoms with Crippen LogP contribution >= 0.6 is 35.1 Å². The monoisotopic (exact) mass is 527 g/mol. The van der Waals surface area contributed by atoms with Crippen molar-refractivity contribution >= 4 is 35.1 Å². The number of H-pyrrole nitrogens is 1. The number of thiol groups is 1. The zero-order valence-electron chi connectivity index (χ0n) is 15.4. The lowest BCUT2D eigenvalue weighted by atomic mass is 9.97. The summed E-state index contributed by atoms with van der Waals surface area (Å²) in [6.45, 7) is -2.21. The van der Waals surface area contributed by atoms with Gasteiger partial charge in [0.25, 0.3) is 5.56 Å². The van der Waals surface area contributed by atoms with Crippen LogP contribution in [0.1, 0.15) is 6.23 Å². The van der Waals surface area contributed by atoms with Gasteiger partial charge in [-0.25, -0.2) is 13.9 Å². The molecule has 0 aliphatic carbocycles. The van der Waals surface area contributed by atoms with Gasteiger partial charge in [0, 0.05) is 19.4 Å². The fraction of sp³-hybridized carbons (Fsp3) is 0.636. The van der Waals surface area contributed by atoms with Crippen LogP contribution in [-0.4, -0.2) is 67.3 Å². The summed E-state index contributed by atoms with van der Waals surface area (Å²) >= 11 is 3.60. The first-order chi connectivity index (χ1) is 14.2.